The Bertz CT molecular complexity index is 1750. The van der Waals surface area contributed by atoms with Crippen LogP contribution in [0.4, 0.5) is 21.8 Å². The zero-order valence-corrected chi connectivity index (χ0v) is 21.8. The first-order valence-electron chi connectivity index (χ1n) is 12.5. The molecule has 0 aliphatic carbocycles. The number of rotatable bonds is 6. The summed E-state index contributed by atoms with van der Waals surface area (Å²) in [7, 11) is 5.68. The second-order valence-corrected chi connectivity index (χ2v) is 9.72. The number of nitrogens with zero attached hydrogens (tertiary/aromatic N) is 6. The molecule has 2 aromatic carbocycles. The molecule has 1 aliphatic rings. The van der Waals surface area contributed by atoms with Gasteiger partial charge in [-0.25, -0.2) is 9.37 Å². The fraction of sp³-hybridized carbons (Fsp3) is 0.259. The van der Waals surface area contributed by atoms with Gasteiger partial charge in [-0.1, -0.05) is 12.1 Å². The minimum atomic E-state index is -0.350. The van der Waals surface area contributed by atoms with E-state index < -0.39 is 0 Å². The van der Waals surface area contributed by atoms with E-state index in [9.17, 15) is 9.18 Å². The summed E-state index contributed by atoms with van der Waals surface area (Å²) < 4.78 is 21.5. The summed E-state index contributed by atoms with van der Waals surface area (Å²) in [4.78, 5) is 27.0. The number of H-pyrrole nitrogens is 1. The third-order valence-electron chi connectivity index (χ3n) is 6.95. The number of nitrogens with one attached hydrogen (secondary N) is 2. The highest BCUT2D eigenvalue weighted by Gasteiger charge is 2.26. The van der Waals surface area contributed by atoms with E-state index in [2.05, 4.69) is 20.5 Å². The van der Waals surface area contributed by atoms with E-state index in [1.807, 2.05) is 55.2 Å². The second kappa shape index (κ2) is 9.55. The van der Waals surface area contributed by atoms with Gasteiger partial charge in [0.15, 0.2) is 11.5 Å². The number of nitrogens with two attached hydrogens (primary N) is 1. The van der Waals surface area contributed by atoms with E-state index in [4.69, 9.17) is 15.5 Å². The summed E-state index contributed by atoms with van der Waals surface area (Å²) in [5.41, 5.74) is 9.21. The van der Waals surface area contributed by atoms with Gasteiger partial charge < -0.3 is 25.6 Å². The SMILES string of the molecule is CNCc1ccc(-n2c(=O)c3c(N)n[nH]c3c3cnc(N(C)CC4CN(C)c5ccc(F)cc5O4)nc32)cc1. The zero-order valence-electron chi connectivity index (χ0n) is 21.8. The van der Waals surface area contributed by atoms with Crippen molar-refractivity contribution in [1.29, 1.82) is 0 Å². The molecule has 0 saturated heterocycles. The summed E-state index contributed by atoms with van der Waals surface area (Å²) in [5.74, 6) is 0.674. The maximum atomic E-state index is 13.8. The first-order chi connectivity index (χ1) is 18.8. The third kappa shape index (κ3) is 4.28. The van der Waals surface area contributed by atoms with Gasteiger partial charge in [0.2, 0.25) is 5.95 Å². The first kappa shape index (κ1) is 24.6. The Morgan fingerprint density at radius 2 is 2.05 bits per heavy atom. The lowest BCUT2D eigenvalue weighted by atomic mass is 10.1. The molecule has 0 spiro atoms. The van der Waals surface area contributed by atoms with Gasteiger partial charge in [0, 0.05) is 32.9 Å². The average Bonchev–Trinajstić information content (AvgIpc) is 3.31. The van der Waals surface area contributed by atoms with Gasteiger partial charge in [-0.15, -0.1) is 0 Å². The number of benzene rings is 2. The predicted octanol–water partition coefficient (Wildman–Crippen LogP) is 2.43. The molecule has 6 rings (SSSR count). The summed E-state index contributed by atoms with van der Waals surface area (Å²) >= 11 is 0. The van der Waals surface area contributed by atoms with Crippen LogP contribution in [0.25, 0.3) is 27.6 Å². The molecule has 0 saturated carbocycles. The van der Waals surface area contributed by atoms with Crippen LogP contribution in [0.5, 0.6) is 5.75 Å². The van der Waals surface area contributed by atoms with E-state index in [-0.39, 0.29) is 28.7 Å². The number of hydrogen-bond acceptors (Lipinski definition) is 9. The molecule has 200 valence electrons. The molecular formula is C27H28FN9O2. The smallest absolute Gasteiger partial charge is 0.270 e. The molecule has 0 amide bonds. The number of halogens is 1. The molecule has 5 aromatic rings. The summed E-state index contributed by atoms with van der Waals surface area (Å²) in [6, 6.07) is 12.2. The second-order valence-electron chi connectivity index (χ2n) is 9.72. The molecule has 1 unspecified atom stereocenters. The largest absolute Gasteiger partial charge is 0.484 e. The Morgan fingerprint density at radius 3 is 2.82 bits per heavy atom. The topological polar surface area (TPSA) is 130 Å². The molecular weight excluding hydrogens is 501 g/mol. The quantitative estimate of drug-likeness (QED) is 0.304. The Kier molecular flexibility index (Phi) is 6.03. The van der Waals surface area contributed by atoms with E-state index in [1.54, 1.807) is 12.3 Å². The highest BCUT2D eigenvalue weighted by atomic mass is 19.1. The highest BCUT2D eigenvalue weighted by Crippen LogP contribution is 2.33. The van der Waals surface area contributed by atoms with Crippen molar-refractivity contribution in [3.8, 4) is 11.4 Å². The lowest BCUT2D eigenvalue weighted by Crippen LogP contribution is -2.44. The van der Waals surface area contributed by atoms with Crippen molar-refractivity contribution < 1.29 is 9.13 Å². The molecule has 4 N–H and O–H groups in total. The van der Waals surface area contributed by atoms with Crippen LogP contribution in [-0.2, 0) is 6.54 Å². The Balaban J connectivity index is 1.40. The first-order valence-corrected chi connectivity index (χ1v) is 12.5. The number of likely N-dealkylation sites (N-methyl/N-ethyl adjacent to an activating group) is 2. The molecule has 11 nitrogen and oxygen atoms in total. The van der Waals surface area contributed by atoms with Crippen LogP contribution in [0.15, 0.2) is 53.5 Å². The molecule has 39 heavy (non-hydrogen) atoms. The van der Waals surface area contributed by atoms with Crippen LogP contribution in [0, 0.1) is 5.82 Å². The van der Waals surface area contributed by atoms with Crippen LogP contribution < -0.4 is 31.1 Å². The maximum absolute atomic E-state index is 13.8. The number of aromatic amines is 1. The highest BCUT2D eigenvalue weighted by molar-refractivity contribution is 6.05. The predicted molar refractivity (Wildman–Crippen MR) is 149 cm³/mol. The van der Waals surface area contributed by atoms with Crippen LogP contribution in [0.1, 0.15) is 5.56 Å². The summed E-state index contributed by atoms with van der Waals surface area (Å²) in [5, 5.41) is 11.0. The van der Waals surface area contributed by atoms with Crippen molar-refractivity contribution >= 4 is 39.4 Å². The van der Waals surface area contributed by atoms with Crippen LogP contribution >= 0.6 is 0 Å². The number of pyridine rings is 1. The molecule has 0 fully saturated rings. The minimum absolute atomic E-state index is 0.119. The van der Waals surface area contributed by atoms with Crippen molar-refractivity contribution in [1.82, 2.24) is 30.0 Å². The van der Waals surface area contributed by atoms with Gasteiger partial charge in [-0.3, -0.25) is 14.5 Å². The molecule has 4 heterocycles. The van der Waals surface area contributed by atoms with Gasteiger partial charge >= 0.3 is 0 Å². The normalized spacial score (nSPS) is 15.0. The molecule has 0 radical (unpaired) electrons. The average molecular weight is 530 g/mol. The van der Waals surface area contributed by atoms with E-state index in [1.165, 1.54) is 16.7 Å². The van der Waals surface area contributed by atoms with Crippen LogP contribution in [0.3, 0.4) is 0 Å². The van der Waals surface area contributed by atoms with E-state index >= 15 is 0 Å². The van der Waals surface area contributed by atoms with Gasteiger partial charge in [0.25, 0.3) is 5.56 Å². The maximum Gasteiger partial charge on any atom is 0.270 e. The number of hydrogen-bond donors (Lipinski definition) is 3. The van der Waals surface area contributed by atoms with Crippen molar-refractivity contribution in [2.75, 3.05) is 49.8 Å². The van der Waals surface area contributed by atoms with Gasteiger partial charge in [0.1, 0.15) is 23.1 Å². The fourth-order valence-corrected chi connectivity index (χ4v) is 5.08. The zero-order chi connectivity index (χ0) is 27.3. The van der Waals surface area contributed by atoms with E-state index in [0.717, 1.165) is 11.3 Å². The third-order valence-corrected chi connectivity index (χ3v) is 6.95. The van der Waals surface area contributed by atoms with Crippen molar-refractivity contribution in [2.45, 2.75) is 12.6 Å². The number of ether oxygens (including phenoxy) is 1. The summed E-state index contributed by atoms with van der Waals surface area (Å²) in [6.45, 7) is 1.75. The lowest BCUT2D eigenvalue weighted by Gasteiger charge is -2.35. The van der Waals surface area contributed by atoms with Gasteiger partial charge in [-0.05, 0) is 36.9 Å². The van der Waals surface area contributed by atoms with Crippen molar-refractivity contribution in [2.24, 2.45) is 0 Å². The fourth-order valence-electron chi connectivity index (χ4n) is 5.08. The number of anilines is 3. The minimum Gasteiger partial charge on any atom is -0.484 e. The number of nitrogen functional groups attached to an aromatic ring is 1. The Morgan fingerprint density at radius 1 is 1.26 bits per heavy atom. The summed E-state index contributed by atoms with van der Waals surface area (Å²) in [6.07, 6.45) is 1.41. The van der Waals surface area contributed by atoms with Crippen molar-refractivity contribution in [3.05, 3.63) is 70.4 Å². The molecule has 12 heteroatoms. The molecule has 1 atom stereocenters. The Labute approximate surface area is 223 Å². The monoisotopic (exact) mass is 529 g/mol. The van der Waals surface area contributed by atoms with Crippen molar-refractivity contribution in [3.63, 3.8) is 0 Å². The van der Waals surface area contributed by atoms with Crippen LogP contribution in [0.2, 0.25) is 0 Å². The molecule has 3 aromatic heterocycles. The standard InChI is InChI=1S/C27H28FN9O2/c1-30-11-15-4-7-17(8-5-15)37-25-19(23-22(26(37)38)24(29)34-33-23)12-31-27(32-25)36(3)14-18-13-35(2)20-9-6-16(28)10-21(20)39-18/h4-10,12,18,30H,11,13-14H2,1-3H3,(H3,29,33,34). The number of aromatic nitrogens is 5. The van der Waals surface area contributed by atoms with E-state index in [0.29, 0.717) is 53.6 Å². The van der Waals surface area contributed by atoms with Crippen LogP contribution in [-0.4, -0.2) is 65.1 Å². The molecule has 0 bridgehead atoms. The Hall–Kier alpha value is -4.71. The lowest BCUT2D eigenvalue weighted by molar-refractivity contribution is 0.201. The van der Waals surface area contributed by atoms with Gasteiger partial charge in [0.05, 0.1) is 35.4 Å². The molecule has 1 aliphatic heterocycles. The van der Waals surface area contributed by atoms with Gasteiger partial charge in [-0.2, -0.15) is 10.1 Å². The number of fused-ring (bicyclic) bond motifs is 4.